The van der Waals surface area contributed by atoms with Gasteiger partial charge in [0.15, 0.2) is 0 Å². The highest BCUT2D eigenvalue weighted by Crippen LogP contribution is 2.20. The maximum atomic E-state index is 10.5. The molecule has 0 unspecified atom stereocenters. The molecule has 1 rings (SSSR count). The molecule has 0 heterocycles. The van der Waals surface area contributed by atoms with Crippen molar-refractivity contribution in [3.05, 3.63) is 34.4 Å². The number of alkyl halides is 2. The van der Waals surface area contributed by atoms with Crippen LogP contribution in [0.3, 0.4) is 0 Å². The molecule has 0 aliphatic rings. The zero-order valence-corrected chi connectivity index (χ0v) is 9.86. The van der Waals surface area contributed by atoms with Gasteiger partial charge in [0.25, 0.3) is 0 Å². The van der Waals surface area contributed by atoms with E-state index in [-0.39, 0.29) is 6.42 Å². The van der Waals surface area contributed by atoms with Crippen LogP contribution in [0.1, 0.15) is 22.3 Å². The fourth-order valence-electron chi connectivity index (χ4n) is 1.46. The summed E-state index contributed by atoms with van der Waals surface area (Å²) in [4.78, 5) is 10.5. The number of hydrogen-bond donors (Lipinski definition) is 0. The van der Waals surface area contributed by atoms with Crippen molar-refractivity contribution >= 4 is 29.2 Å². The first-order valence-corrected chi connectivity index (χ1v) is 5.58. The Morgan fingerprint density at radius 2 is 1.73 bits per heavy atom. The summed E-state index contributed by atoms with van der Waals surface area (Å²) in [5.74, 6) is -0.382. The van der Waals surface area contributed by atoms with E-state index in [1.54, 1.807) is 12.1 Å². The van der Waals surface area contributed by atoms with Gasteiger partial charge in [-0.25, -0.2) is 0 Å². The van der Waals surface area contributed by atoms with Crippen LogP contribution in [0, 0.1) is 6.92 Å². The van der Waals surface area contributed by atoms with Crippen LogP contribution in [-0.4, -0.2) is 5.97 Å². The number of hydrogen-bond acceptors (Lipinski definition) is 2. The van der Waals surface area contributed by atoms with Gasteiger partial charge >= 0.3 is 0 Å². The quantitative estimate of drug-likeness (QED) is 0.759. The second-order valence-corrected chi connectivity index (χ2v) is 3.89. The molecule has 1 aromatic rings. The monoisotopic (exact) mass is 245 g/mol. The Balaban J connectivity index is 3.14. The first-order valence-electron chi connectivity index (χ1n) is 4.51. The maximum absolute atomic E-state index is 10.5. The molecule has 0 radical (unpaired) electrons. The fraction of sp³-hybridized carbons (Fsp3) is 0.364. The number of rotatable bonds is 4. The van der Waals surface area contributed by atoms with Crippen LogP contribution in [0.2, 0.25) is 0 Å². The molecular weight excluding hydrogens is 235 g/mol. The molecule has 0 N–H and O–H groups in total. The molecule has 1 aromatic carbocycles. The number of carbonyl (C=O) groups excluding carboxylic acids is 1. The van der Waals surface area contributed by atoms with E-state index in [0.29, 0.717) is 17.3 Å². The van der Waals surface area contributed by atoms with Gasteiger partial charge in [-0.3, -0.25) is 0 Å². The SMILES string of the molecule is Cc1c(CCl)cc(CC(=O)[O-])cc1CCl. The van der Waals surface area contributed by atoms with Gasteiger partial charge in [-0.1, -0.05) is 12.1 Å². The fourth-order valence-corrected chi connectivity index (χ4v) is 2.01. The Kier molecular flexibility index (Phi) is 4.43. The van der Waals surface area contributed by atoms with Gasteiger partial charge in [-0.05, 0) is 29.2 Å². The first-order chi connectivity index (χ1) is 7.08. The summed E-state index contributed by atoms with van der Waals surface area (Å²) in [5, 5.41) is 10.5. The van der Waals surface area contributed by atoms with E-state index < -0.39 is 5.97 Å². The van der Waals surface area contributed by atoms with Crippen LogP contribution in [0.15, 0.2) is 12.1 Å². The van der Waals surface area contributed by atoms with Crippen molar-refractivity contribution < 1.29 is 9.90 Å². The Morgan fingerprint density at radius 1 is 1.27 bits per heavy atom. The number of carboxylic acid groups (broad SMARTS) is 1. The van der Waals surface area contributed by atoms with Crippen LogP contribution in [-0.2, 0) is 23.0 Å². The zero-order valence-electron chi connectivity index (χ0n) is 8.35. The Morgan fingerprint density at radius 3 is 2.07 bits per heavy atom. The summed E-state index contributed by atoms with van der Waals surface area (Å²) in [6, 6.07) is 3.57. The van der Waals surface area contributed by atoms with Crippen LogP contribution in [0.5, 0.6) is 0 Å². The third kappa shape index (κ3) is 3.11. The number of benzene rings is 1. The van der Waals surface area contributed by atoms with E-state index in [2.05, 4.69) is 0 Å². The third-order valence-corrected chi connectivity index (χ3v) is 2.89. The van der Waals surface area contributed by atoms with Gasteiger partial charge in [0.2, 0.25) is 0 Å². The van der Waals surface area contributed by atoms with E-state index in [1.807, 2.05) is 6.92 Å². The zero-order chi connectivity index (χ0) is 11.4. The molecule has 0 aliphatic heterocycles. The third-order valence-electron chi connectivity index (χ3n) is 2.32. The van der Waals surface area contributed by atoms with Crippen LogP contribution >= 0.6 is 23.2 Å². The van der Waals surface area contributed by atoms with Crippen LogP contribution < -0.4 is 5.11 Å². The molecule has 0 amide bonds. The number of aliphatic carboxylic acids is 1. The van der Waals surface area contributed by atoms with Crippen molar-refractivity contribution in [3.8, 4) is 0 Å². The Labute approximate surface area is 98.8 Å². The Bertz CT molecular complexity index is 350. The molecule has 0 fully saturated rings. The second kappa shape index (κ2) is 5.38. The lowest BCUT2D eigenvalue weighted by Gasteiger charge is -2.11. The molecule has 0 aromatic heterocycles. The lowest BCUT2D eigenvalue weighted by Crippen LogP contribution is -2.24. The molecule has 0 aliphatic carbocycles. The summed E-state index contributed by atoms with van der Waals surface area (Å²) in [6.45, 7) is 1.93. The van der Waals surface area contributed by atoms with Crippen molar-refractivity contribution in [2.45, 2.75) is 25.1 Å². The highest BCUT2D eigenvalue weighted by Gasteiger charge is 2.06. The largest absolute Gasteiger partial charge is 0.550 e. The average molecular weight is 246 g/mol. The number of carbonyl (C=O) groups is 1. The molecule has 0 saturated heterocycles. The minimum atomic E-state index is -1.10. The van der Waals surface area contributed by atoms with Gasteiger partial charge in [0, 0.05) is 24.2 Å². The molecule has 0 saturated carbocycles. The smallest absolute Gasteiger partial charge is 0.0476 e. The number of carboxylic acids is 1. The van der Waals surface area contributed by atoms with Crippen molar-refractivity contribution in [2.24, 2.45) is 0 Å². The highest BCUT2D eigenvalue weighted by molar-refractivity contribution is 6.18. The van der Waals surface area contributed by atoms with Gasteiger partial charge in [-0.2, -0.15) is 0 Å². The van der Waals surface area contributed by atoms with E-state index in [0.717, 1.165) is 16.7 Å². The molecule has 82 valence electrons. The van der Waals surface area contributed by atoms with Crippen LogP contribution in [0.4, 0.5) is 0 Å². The molecular formula is C11H11Cl2O2-. The molecule has 15 heavy (non-hydrogen) atoms. The summed E-state index contributed by atoms with van der Waals surface area (Å²) in [5.41, 5.74) is 3.56. The van der Waals surface area contributed by atoms with Gasteiger partial charge in [-0.15, -0.1) is 23.2 Å². The summed E-state index contributed by atoms with van der Waals surface area (Å²) in [6.07, 6.45) is -0.103. The molecule has 0 bridgehead atoms. The van der Waals surface area contributed by atoms with E-state index in [4.69, 9.17) is 23.2 Å². The summed E-state index contributed by atoms with van der Waals surface area (Å²) >= 11 is 11.5. The lowest BCUT2D eigenvalue weighted by molar-refractivity contribution is -0.304. The van der Waals surface area contributed by atoms with E-state index in [9.17, 15) is 9.90 Å². The van der Waals surface area contributed by atoms with Gasteiger partial charge in [0.1, 0.15) is 0 Å². The lowest BCUT2D eigenvalue weighted by atomic mass is 9.99. The Hall–Kier alpha value is -0.730. The molecule has 4 heteroatoms. The topological polar surface area (TPSA) is 40.1 Å². The normalized spacial score (nSPS) is 10.3. The predicted octanol–water partition coefficient (Wildman–Crippen LogP) is 1.77. The number of halogens is 2. The van der Waals surface area contributed by atoms with Crippen molar-refractivity contribution in [1.82, 2.24) is 0 Å². The van der Waals surface area contributed by atoms with E-state index in [1.165, 1.54) is 0 Å². The molecule has 0 atom stereocenters. The first kappa shape index (κ1) is 12.3. The molecule has 0 spiro atoms. The average Bonchev–Trinajstić information content (AvgIpc) is 2.19. The molecule has 2 nitrogen and oxygen atoms in total. The summed E-state index contributed by atoms with van der Waals surface area (Å²) < 4.78 is 0. The highest BCUT2D eigenvalue weighted by atomic mass is 35.5. The summed E-state index contributed by atoms with van der Waals surface area (Å²) in [7, 11) is 0. The van der Waals surface area contributed by atoms with Gasteiger partial charge < -0.3 is 9.90 Å². The predicted molar refractivity (Wildman–Crippen MR) is 59.0 cm³/mol. The van der Waals surface area contributed by atoms with Crippen molar-refractivity contribution in [3.63, 3.8) is 0 Å². The minimum Gasteiger partial charge on any atom is -0.550 e. The van der Waals surface area contributed by atoms with E-state index >= 15 is 0 Å². The van der Waals surface area contributed by atoms with Crippen LogP contribution in [0.25, 0.3) is 0 Å². The minimum absolute atomic E-state index is 0.103. The van der Waals surface area contributed by atoms with Gasteiger partial charge in [0.05, 0.1) is 0 Å². The second-order valence-electron chi connectivity index (χ2n) is 3.36. The maximum Gasteiger partial charge on any atom is 0.0476 e. The van der Waals surface area contributed by atoms with Crippen molar-refractivity contribution in [1.29, 1.82) is 0 Å². The van der Waals surface area contributed by atoms with Crippen molar-refractivity contribution in [2.75, 3.05) is 0 Å². The standard InChI is InChI=1S/C11H12Cl2O2/c1-7-9(5-12)2-8(4-11(14)15)3-10(7)6-13/h2-3H,4-6H2,1H3,(H,14,15)/p-1.